The number of alkyl halides is 4. The number of hydrogen-bond acceptors (Lipinski definition) is 6. The lowest BCUT2D eigenvalue weighted by atomic mass is 10.1. The normalized spacial score (nSPS) is 12.7. The third kappa shape index (κ3) is 4.25. The molecule has 0 spiro atoms. The van der Waals surface area contributed by atoms with Gasteiger partial charge >= 0.3 is 18.8 Å². The first-order chi connectivity index (χ1) is 10.9. The number of aromatic nitrogens is 2. The molecule has 124 valence electrons. The van der Waals surface area contributed by atoms with Gasteiger partial charge < -0.3 is 14.9 Å². The summed E-state index contributed by atoms with van der Waals surface area (Å²) in [5.41, 5.74) is 6.57. The molecular weight excluding hydrogens is 322 g/mol. The van der Waals surface area contributed by atoms with Gasteiger partial charge in [0.05, 0.1) is 6.04 Å². The average molecular weight is 333 g/mol. The molecule has 0 fully saturated rings. The number of nitrogens with two attached hydrogens (primary N) is 1. The number of rotatable bonds is 6. The Kier molecular flexibility index (Phi) is 5.27. The third-order valence-electron chi connectivity index (χ3n) is 2.80. The highest BCUT2D eigenvalue weighted by Crippen LogP contribution is 2.24. The number of ether oxygens (including phenoxy) is 1. The van der Waals surface area contributed by atoms with E-state index in [-0.39, 0.29) is 5.89 Å². The van der Waals surface area contributed by atoms with E-state index < -0.39 is 37.4 Å². The molecule has 23 heavy (non-hydrogen) atoms. The number of benzene rings is 1. The van der Waals surface area contributed by atoms with Crippen LogP contribution in [0.2, 0.25) is 0 Å². The number of hydrogen-bond donors (Lipinski definition) is 1. The molecule has 6 nitrogen and oxygen atoms in total. The van der Waals surface area contributed by atoms with E-state index in [2.05, 4.69) is 14.9 Å². The van der Waals surface area contributed by atoms with Crippen LogP contribution < -0.4 is 5.73 Å². The molecule has 1 heterocycles. The van der Waals surface area contributed by atoms with E-state index in [1.54, 1.807) is 0 Å². The Hall–Kier alpha value is -2.49. The van der Waals surface area contributed by atoms with Crippen LogP contribution in [0.15, 0.2) is 28.7 Å². The Labute approximate surface area is 127 Å². The molecule has 10 heteroatoms. The first-order valence-electron chi connectivity index (χ1n) is 6.30. The predicted molar refractivity (Wildman–Crippen MR) is 68.6 cm³/mol. The van der Waals surface area contributed by atoms with Crippen LogP contribution in [0.5, 0.6) is 0 Å². The number of nitrogens with zero attached hydrogens (tertiary/aromatic N) is 2. The fraction of sp³-hybridized carbons (Fsp3) is 0.308. The fourth-order valence-corrected chi connectivity index (χ4v) is 1.64. The molecule has 0 aliphatic heterocycles. The highest BCUT2D eigenvalue weighted by Gasteiger charge is 2.19. The zero-order valence-electron chi connectivity index (χ0n) is 11.5. The minimum absolute atomic E-state index is 0.0930. The van der Waals surface area contributed by atoms with Crippen molar-refractivity contribution in [3.05, 3.63) is 35.7 Å². The second-order valence-corrected chi connectivity index (χ2v) is 4.41. The Bertz CT molecular complexity index is 661. The van der Waals surface area contributed by atoms with Crippen molar-refractivity contribution in [1.82, 2.24) is 10.2 Å². The monoisotopic (exact) mass is 333 g/mol. The molecule has 1 unspecified atom stereocenters. The summed E-state index contributed by atoms with van der Waals surface area (Å²) in [6, 6.07) is 5.15. The van der Waals surface area contributed by atoms with E-state index in [1.807, 2.05) is 0 Å². The summed E-state index contributed by atoms with van der Waals surface area (Å²) in [7, 11) is 0. The van der Waals surface area contributed by atoms with E-state index in [0.717, 1.165) is 0 Å². The van der Waals surface area contributed by atoms with Crippen molar-refractivity contribution >= 4 is 5.97 Å². The number of esters is 1. The van der Waals surface area contributed by atoms with Gasteiger partial charge in [0.15, 0.2) is 0 Å². The zero-order valence-corrected chi connectivity index (χ0v) is 11.5. The quantitative estimate of drug-likeness (QED) is 0.645. The molecule has 2 rings (SSSR count). The molecule has 0 saturated carbocycles. The minimum atomic E-state index is -3.22. The van der Waals surface area contributed by atoms with Crippen molar-refractivity contribution in [2.24, 2.45) is 5.73 Å². The van der Waals surface area contributed by atoms with Crippen LogP contribution in [-0.2, 0) is 9.53 Å². The van der Waals surface area contributed by atoms with Crippen molar-refractivity contribution in [2.75, 3.05) is 6.61 Å². The van der Waals surface area contributed by atoms with Gasteiger partial charge in [0, 0.05) is 5.56 Å². The molecule has 0 saturated heterocycles. The summed E-state index contributed by atoms with van der Waals surface area (Å²) in [6.07, 6.45) is -6.08. The summed E-state index contributed by atoms with van der Waals surface area (Å²) in [4.78, 5) is 10.7. The van der Waals surface area contributed by atoms with Crippen molar-refractivity contribution in [3.63, 3.8) is 0 Å². The molecule has 1 atom stereocenters. The average Bonchev–Trinajstić information content (AvgIpc) is 3.02. The summed E-state index contributed by atoms with van der Waals surface area (Å²) in [6.45, 7) is -0.418. The van der Waals surface area contributed by atoms with E-state index >= 15 is 0 Å². The maximum Gasteiger partial charge on any atom is 0.373 e. The second-order valence-electron chi connectivity index (χ2n) is 4.41. The van der Waals surface area contributed by atoms with Gasteiger partial charge in [-0.05, 0) is 17.7 Å². The molecule has 2 N–H and O–H groups in total. The lowest BCUT2D eigenvalue weighted by Gasteiger charge is -2.12. The van der Waals surface area contributed by atoms with Gasteiger partial charge in [0.1, 0.15) is 6.61 Å². The first kappa shape index (κ1) is 16.9. The summed E-state index contributed by atoms with van der Waals surface area (Å²) < 4.78 is 57.8. The van der Waals surface area contributed by atoms with Gasteiger partial charge in [-0.15, -0.1) is 10.2 Å². The summed E-state index contributed by atoms with van der Waals surface area (Å²) in [5, 5.41) is 6.68. The zero-order chi connectivity index (χ0) is 17.0. The number of halogens is 4. The van der Waals surface area contributed by atoms with E-state index in [9.17, 15) is 22.4 Å². The van der Waals surface area contributed by atoms with Crippen LogP contribution in [0.1, 0.15) is 23.9 Å². The first-order valence-corrected chi connectivity index (χ1v) is 6.30. The van der Waals surface area contributed by atoms with Gasteiger partial charge in [0.25, 0.3) is 5.89 Å². The van der Waals surface area contributed by atoms with Crippen molar-refractivity contribution < 1.29 is 31.5 Å². The Morgan fingerprint density at radius 2 is 1.83 bits per heavy atom. The molecule has 0 amide bonds. The Morgan fingerprint density at radius 1 is 1.17 bits per heavy atom. The smallest absolute Gasteiger partial charge is 0.373 e. The maximum atomic E-state index is 12.4. The van der Waals surface area contributed by atoms with Crippen LogP contribution in [-0.4, -0.2) is 29.2 Å². The van der Waals surface area contributed by atoms with E-state index in [0.29, 0.717) is 11.1 Å². The molecule has 0 aliphatic carbocycles. The molecule has 0 aliphatic rings. The van der Waals surface area contributed by atoms with Crippen LogP contribution in [0.25, 0.3) is 11.5 Å². The SMILES string of the molecule is NC(COC(=O)C(F)F)c1ccc(-c2nnc(C(F)F)o2)cc1. The van der Waals surface area contributed by atoms with Crippen molar-refractivity contribution in [2.45, 2.75) is 18.9 Å². The lowest BCUT2D eigenvalue weighted by Crippen LogP contribution is -2.22. The van der Waals surface area contributed by atoms with Crippen LogP contribution in [0, 0.1) is 0 Å². The highest BCUT2D eigenvalue weighted by molar-refractivity contribution is 5.72. The maximum absolute atomic E-state index is 12.4. The van der Waals surface area contributed by atoms with Gasteiger partial charge in [-0.1, -0.05) is 12.1 Å². The van der Waals surface area contributed by atoms with Crippen LogP contribution in [0.4, 0.5) is 17.6 Å². The van der Waals surface area contributed by atoms with E-state index in [4.69, 9.17) is 10.2 Å². The number of carbonyl (C=O) groups excluding carboxylic acids is 1. The fourth-order valence-electron chi connectivity index (χ4n) is 1.64. The largest absolute Gasteiger partial charge is 0.459 e. The molecule has 0 radical (unpaired) electrons. The van der Waals surface area contributed by atoms with Crippen molar-refractivity contribution in [1.29, 1.82) is 0 Å². The van der Waals surface area contributed by atoms with Crippen LogP contribution in [0.3, 0.4) is 0 Å². The third-order valence-corrected chi connectivity index (χ3v) is 2.80. The highest BCUT2D eigenvalue weighted by atomic mass is 19.3. The topological polar surface area (TPSA) is 91.2 Å². The Morgan fingerprint density at radius 3 is 2.35 bits per heavy atom. The van der Waals surface area contributed by atoms with Gasteiger partial charge in [-0.2, -0.15) is 17.6 Å². The van der Waals surface area contributed by atoms with Crippen molar-refractivity contribution in [3.8, 4) is 11.5 Å². The predicted octanol–water partition coefficient (Wildman–Crippen LogP) is 2.48. The molecule has 1 aromatic carbocycles. The summed E-state index contributed by atoms with van der Waals surface area (Å²) >= 11 is 0. The van der Waals surface area contributed by atoms with Gasteiger partial charge in [0.2, 0.25) is 5.89 Å². The van der Waals surface area contributed by atoms with Gasteiger partial charge in [-0.25, -0.2) is 4.79 Å². The van der Waals surface area contributed by atoms with Crippen LogP contribution >= 0.6 is 0 Å². The minimum Gasteiger partial charge on any atom is -0.459 e. The summed E-state index contributed by atoms with van der Waals surface area (Å²) in [5.74, 6) is -2.54. The lowest BCUT2D eigenvalue weighted by molar-refractivity contribution is -0.156. The van der Waals surface area contributed by atoms with Gasteiger partial charge in [-0.3, -0.25) is 0 Å². The Balaban J connectivity index is 2.02. The standard InChI is InChI=1S/C13H11F4N3O3/c14-9(15)12-20-19-11(23-12)7-3-1-6(2-4-7)8(18)5-22-13(21)10(16)17/h1-4,8-10H,5,18H2. The molecule has 1 aromatic heterocycles. The molecule has 2 aromatic rings. The van der Waals surface area contributed by atoms with E-state index in [1.165, 1.54) is 24.3 Å². The molecule has 0 bridgehead atoms. The molecular formula is C13H11F4N3O3. The second kappa shape index (κ2) is 7.18. The number of carbonyl (C=O) groups is 1.